The van der Waals surface area contributed by atoms with Crippen molar-refractivity contribution in [3.63, 3.8) is 0 Å². The van der Waals surface area contributed by atoms with Crippen molar-refractivity contribution in [3.05, 3.63) is 35.9 Å². The lowest BCUT2D eigenvalue weighted by molar-refractivity contribution is -0.122. The number of hydrogen-bond acceptors (Lipinski definition) is 2. The van der Waals surface area contributed by atoms with Crippen LogP contribution < -0.4 is 0 Å². The molecule has 0 saturated heterocycles. The highest BCUT2D eigenvalue weighted by atomic mass is 32.2. The third-order valence-corrected chi connectivity index (χ3v) is 4.64. The third-order valence-electron chi connectivity index (χ3n) is 3.47. The highest BCUT2D eigenvalue weighted by Crippen LogP contribution is 2.33. The summed E-state index contributed by atoms with van der Waals surface area (Å²) in [5.74, 6) is 1.68. The lowest BCUT2D eigenvalue weighted by Crippen LogP contribution is -2.14. The summed E-state index contributed by atoms with van der Waals surface area (Å²) in [6.45, 7) is 6.42. The van der Waals surface area contributed by atoms with E-state index in [2.05, 4.69) is 45.0 Å². The molecule has 19 heavy (non-hydrogen) atoms. The zero-order chi connectivity index (χ0) is 14.1. The van der Waals surface area contributed by atoms with Gasteiger partial charge in [0.15, 0.2) is 0 Å². The lowest BCUT2D eigenvalue weighted by Gasteiger charge is -2.18. The van der Waals surface area contributed by atoms with Gasteiger partial charge < -0.3 is 0 Å². The van der Waals surface area contributed by atoms with Gasteiger partial charge in [0.1, 0.15) is 5.78 Å². The molecular weight excluding hydrogens is 252 g/mol. The second kappa shape index (κ2) is 9.19. The molecule has 0 N–H and O–H groups in total. The Balaban J connectivity index is 2.61. The van der Waals surface area contributed by atoms with E-state index in [0.717, 1.165) is 18.6 Å². The van der Waals surface area contributed by atoms with E-state index in [1.54, 1.807) is 0 Å². The van der Waals surface area contributed by atoms with E-state index in [-0.39, 0.29) is 5.92 Å². The van der Waals surface area contributed by atoms with Crippen molar-refractivity contribution < 1.29 is 4.79 Å². The summed E-state index contributed by atoms with van der Waals surface area (Å²) < 4.78 is 0. The molecule has 0 aromatic heterocycles. The first kappa shape index (κ1) is 16.3. The number of carbonyl (C=O) groups excluding carboxylic acids is 1. The van der Waals surface area contributed by atoms with Crippen LogP contribution in [0.15, 0.2) is 30.3 Å². The van der Waals surface area contributed by atoms with Crippen LogP contribution in [0.4, 0.5) is 0 Å². The van der Waals surface area contributed by atoms with Gasteiger partial charge >= 0.3 is 0 Å². The van der Waals surface area contributed by atoms with E-state index in [1.165, 1.54) is 12.0 Å². The van der Waals surface area contributed by atoms with E-state index in [1.807, 2.05) is 17.8 Å². The third kappa shape index (κ3) is 5.82. The predicted molar refractivity (Wildman–Crippen MR) is 85.6 cm³/mol. The quantitative estimate of drug-likeness (QED) is 0.612. The number of benzene rings is 1. The molecule has 0 bridgehead atoms. The van der Waals surface area contributed by atoms with Crippen LogP contribution in [0, 0.1) is 5.92 Å². The first-order valence-corrected chi connectivity index (χ1v) is 8.43. The van der Waals surface area contributed by atoms with E-state index in [4.69, 9.17) is 0 Å². The summed E-state index contributed by atoms with van der Waals surface area (Å²) in [5.41, 5.74) is 1.28. The van der Waals surface area contributed by atoms with Crippen molar-refractivity contribution in [2.24, 2.45) is 5.92 Å². The molecule has 106 valence electrons. The van der Waals surface area contributed by atoms with Crippen molar-refractivity contribution in [2.75, 3.05) is 5.75 Å². The molecule has 0 fully saturated rings. The Morgan fingerprint density at radius 2 is 1.89 bits per heavy atom. The molecule has 0 saturated carbocycles. The Bertz CT molecular complexity index is 361. The molecule has 2 heteroatoms. The average Bonchev–Trinajstić information content (AvgIpc) is 2.45. The van der Waals surface area contributed by atoms with Crippen LogP contribution in [0.25, 0.3) is 0 Å². The van der Waals surface area contributed by atoms with Gasteiger partial charge in [-0.3, -0.25) is 4.79 Å². The van der Waals surface area contributed by atoms with Crippen LogP contribution >= 0.6 is 11.8 Å². The second-order valence-electron chi connectivity index (χ2n) is 5.07. The molecule has 0 aliphatic rings. The van der Waals surface area contributed by atoms with Gasteiger partial charge in [-0.2, -0.15) is 11.8 Å². The summed E-state index contributed by atoms with van der Waals surface area (Å²) >= 11 is 1.88. The average molecular weight is 278 g/mol. The number of unbranched alkanes of at least 4 members (excludes halogenated alkanes) is 1. The Morgan fingerprint density at radius 1 is 1.21 bits per heavy atom. The van der Waals surface area contributed by atoms with Gasteiger partial charge in [-0.25, -0.2) is 0 Å². The van der Waals surface area contributed by atoms with Gasteiger partial charge in [-0.15, -0.1) is 0 Å². The van der Waals surface area contributed by atoms with Crippen LogP contribution in [0.2, 0.25) is 0 Å². The van der Waals surface area contributed by atoms with Gasteiger partial charge in [0.2, 0.25) is 0 Å². The van der Waals surface area contributed by atoms with E-state index in [9.17, 15) is 4.79 Å². The standard InChI is InChI=1S/C17H26OS/c1-4-6-10-14(3)16(18)13-17(19-5-2)15-11-8-7-9-12-15/h7-9,11-12,14,17H,4-6,10,13H2,1-3H3/t14-,17-/m0/s1. The summed E-state index contributed by atoms with van der Waals surface area (Å²) in [4.78, 5) is 12.3. The SMILES string of the molecule is CCCC[C@H](C)C(=O)C[C@H](SCC)c1ccccc1. The Morgan fingerprint density at radius 3 is 2.47 bits per heavy atom. The Labute approximate surface area is 122 Å². The van der Waals surface area contributed by atoms with E-state index in [0.29, 0.717) is 17.5 Å². The number of carbonyl (C=O) groups is 1. The summed E-state index contributed by atoms with van der Waals surface area (Å²) in [6.07, 6.45) is 4.04. The van der Waals surface area contributed by atoms with Gasteiger partial charge in [0, 0.05) is 17.6 Å². The zero-order valence-corrected chi connectivity index (χ0v) is 13.2. The normalized spacial score (nSPS) is 14.1. The summed E-state index contributed by atoms with van der Waals surface area (Å²) in [6, 6.07) is 10.4. The number of Topliss-reactive ketones (excluding diaryl/α,β-unsaturated/α-hetero) is 1. The van der Waals surface area contributed by atoms with Crippen molar-refractivity contribution >= 4 is 17.5 Å². The van der Waals surface area contributed by atoms with Crippen molar-refractivity contribution in [2.45, 2.75) is 51.7 Å². The van der Waals surface area contributed by atoms with Crippen LogP contribution in [-0.2, 0) is 4.79 Å². The molecule has 0 aliphatic carbocycles. The second-order valence-corrected chi connectivity index (χ2v) is 6.55. The fourth-order valence-corrected chi connectivity index (χ4v) is 3.23. The fraction of sp³-hybridized carbons (Fsp3) is 0.588. The van der Waals surface area contributed by atoms with Gasteiger partial charge in [-0.1, -0.05) is 63.9 Å². The molecule has 0 heterocycles. The van der Waals surface area contributed by atoms with E-state index < -0.39 is 0 Å². The van der Waals surface area contributed by atoms with Crippen LogP contribution in [0.5, 0.6) is 0 Å². The maximum atomic E-state index is 12.3. The topological polar surface area (TPSA) is 17.1 Å². The first-order valence-electron chi connectivity index (χ1n) is 7.38. The smallest absolute Gasteiger partial charge is 0.137 e. The molecule has 1 rings (SSSR count). The molecule has 0 amide bonds. The molecule has 1 aromatic rings. The first-order chi connectivity index (χ1) is 9.19. The largest absolute Gasteiger partial charge is 0.299 e. The molecule has 0 spiro atoms. The molecule has 0 radical (unpaired) electrons. The van der Waals surface area contributed by atoms with Crippen molar-refractivity contribution in [1.82, 2.24) is 0 Å². The highest BCUT2D eigenvalue weighted by molar-refractivity contribution is 7.99. The zero-order valence-electron chi connectivity index (χ0n) is 12.4. The predicted octanol–water partition coefficient (Wildman–Crippen LogP) is 5.27. The summed E-state index contributed by atoms with van der Waals surface area (Å²) in [5, 5.41) is 0.322. The Kier molecular flexibility index (Phi) is 7.88. The van der Waals surface area contributed by atoms with Gasteiger partial charge in [-0.05, 0) is 17.7 Å². The minimum absolute atomic E-state index is 0.212. The molecule has 1 nitrogen and oxygen atoms in total. The van der Waals surface area contributed by atoms with E-state index >= 15 is 0 Å². The molecule has 1 aromatic carbocycles. The van der Waals surface area contributed by atoms with Gasteiger partial charge in [0.25, 0.3) is 0 Å². The fourth-order valence-electron chi connectivity index (χ4n) is 2.20. The molecular formula is C17H26OS. The van der Waals surface area contributed by atoms with Crippen LogP contribution in [0.3, 0.4) is 0 Å². The minimum atomic E-state index is 0.212. The Hall–Kier alpha value is -0.760. The number of rotatable bonds is 9. The van der Waals surface area contributed by atoms with Crippen molar-refractivity contribution in [3.8, 4) is 0 Å². The van der Waals surface area contributed by atoms with Crippen LogP contribution in [0.1, 0.15) is 57.3 Å². The monoisotopic (exact) mass is 278 g/mol. The molecule has 0 aliphatic heterocycles. The highest BCUT2D eigenvalue weighted by Gasteiger charge is 2.19. The lowest BCUT2D eigenvalue weighted by atomic mass is 9.95. The van der Waals surface area contributed by atoms with Crippen LogP contribution in [-0.4, -0.2) is 11.5 Å². The summed E-state index contributed by atoms with van der Waals surface area (Å²) in [7, 11) is 0. The minimum Gasteiger partial charge on any atom is -0.299 e. The van der Waals surface area contributed by atoms with Crippen molar-refractivity contribution in [1.29, 1.82) is 0 Å². The number of hydrogen-bond donors (Lipinski definition) is 0. The number of thioether (sulfide) groups is 1. The maximum Gasteiger partial charge on any atom is 0.137 e. The van der Waals surface area contributed by atoms with Gasteiger partial charge in [0.05, 0.1) is 0 Å². The number of ketones is 1. The maximum absolute atomic E-state index is 12.3. The molecule has 2 atom stereocenters. The molecule has 0 unspecified atom stereocenters.